The molecule has 2 rings (SSSR count). The summed E-state index contributed by atoms with van der Waals surface area (Å²) in [6.07, 6.45) is 0. The molecule has 0 aliphatic carbocycles. The smallest absolute Gasteiger partial charge is 0.148 e. The summed E-state index contributed by atoms with van der Waals surface area (Å²) in [5.41, 5.74) is 4.80. The third-order valence-electron chi connectivity index (χ3n) is 2.80. The van der Waals surface area contributed by atoms with E-state index in [4.69, 9.17) is 0 Å². The summed E-state index contributed by atoms with van der Waals surface area (Å²) < 4.78 is 0. The van der Waals surface area contributed by atoms with Crippen molar-refractivity contribution in [3.05, 3.63) is 35.4 Å². The second-order valence-electron chi connectivity index (χ2n) is 5.32. The number of hydrogen-bond acceptors (Lipinski definition) is 2. The maximum Gasteiger partial charge on any atom is 0.148 e. The zero-order valence-electron chi connectivity index (χ0n) is 11.5. The summed E-state index contributed by atoms with van der Waals surface area (Å²) in [5, 5.41) is 10.7. The molecule has 2 N–H and O–H groups in total. The van der Waals surface area contributed by atoms with Crippen LogP contribution < -0.4 is 5.32 Å². The van der Waals surface area contributed by atoms with E-state index in [1.54, 1.807) is 0 Å². The van der Waals surface area contributed by atoms with Crippen molar-refractivity contribution < 1.29 is 0 Å². The van der Waals surface area contributed by atoms with E-state index < -0.39 is 0 Å². The van der Waals surface area contributed by atoms with Crippen molar-refractivity contribution in [1.82, 2.24) is 10.2 Å². The molecule has 0 unspecified atom stereocenters. The van der Waals surface area contributed by atoms with Crippen molar-refractivity contribution in [3.63, 3.8) is 0 Å². The van der Waals surface area contributed by atoms with E-state index in [0.717, 1.165) is 18.1 Å². The Bertz CT molecular complexity index is 506. The van der Waals surface area contributed by atoms with Crippen molar-refractivity contribution >= 4 is 5.82 Å². The Balaban J connectivity index is 2.18. The van der Waals surface area contributed by atoms with Crippen LogP contribution in [0.5, 0.6) is 0 Å². The summed E-state index contributed by atoms with van der Waals surface area (Å²) in [6.45, 7) is 9.54. The van der Waals surface area contributed by atoms with E-state index in [1.807, 2.05) is 0 Å². The average molecular weight is 243 g/mol. The van der Waals surface area contributed by atoms with Gasteiger partial charge in [-0.25, -0.2) is 0 Å². The van der Waals surface area contributed by atoms with Crippen LogP contribution in [0.2, 0.25) is 0 Å². The van der Waals surface area contributed by atoms with Crippen molar-refractivity contribution in [3.8, 4) is 11.3 Å². The lowest BCUT2D eigenvalue weighted by Gasteiger charge is -2.04. The van der Waals surface area contributed by atoms with E-state index in [9.17, 15) is 0 Å². The van der Waals surface area contributed by atoms with E-state index >= 15 is 0 Å². The minimum Gasteiger partial charge on any atom is -0.368 e. The fourth-order valence-corrected chi connectivity index (χ4v) is 2.00. The Morgan fingerprint density at radius 3 is 2.39 bits per heavy atom. The highest BCUT2D eigenvalue weighted by molar-refractivity contribution is 5.64. The van der Waals surface area contributed by atoms with Crippen LogP contribution in [0.1, 0.15) is 25.0 Å². The Hall–Kier alpha value is -1.77. The molecule has 96 valence electrons. The van der Waals surface area contributed by atoms with Gasteiger partial charge in [-0.15, -0.1) is 0 Å². The molecule has 0 aliphatic heterocycles. The fourth-order valence-electron chi connectivity index (χ4n) is 2.00. The van der Waals surface area contributed by atoms with Crippen LogP contribution in [-0.4, -0.2) is 16.7 Å². The maximum atomic E-state index is 4.29. The quantitative estimate of drug-likeness (QED) is 0.858. The topological polar surface area (TPSA) is 40.7 Å². The number of aromatic nitrogens is 2. The lowest BCUT2D eigenvalue weighted by Crippen LogP contribution is -2.07. The highest BCUT2D eigenvalue weighted by Gasteiger charge is 2.05. The first kappa shape index (κ1) is 12.7. The van der Waals surface area contributed by atoms with Crippen molar-refractivity contribution in [2.75, 3.05) is 11.9 Å². The van der Waals surface area contributed by atoms with Gasteiger partial charge in [0.05, 0.1) is 5.69 Å². The third-order valence-corrected chi connectivity index (χ3v) is 2.80. The number of hydrogen-bond donors (Lipinski definition) is 2. The molecule has 0 saturated carbocycles. The van der Waals surface area contributed by atoms with Gasteiger partial charge in [0.2, 0.25) is 0 Å². The molecule has 0 atom stereocenters. The van der Waals surface area contributed by atoms with Gasteiger partial charge in [0.25, 0.3) is 0 Å². The summed E-state index contributed by atoms with van der Waals surface area (Å²) in [5.74, 6) is 1.53. The molecule has 2 aromatic rings. The zero-order valence-corrected chi connectivity index (χ0v) is 11.5. The molecule has 0 bridgehead atoms. The molecular weight excluding hydrogens is 222 g/mol. The van der Waals surface area contributed by atoms with Gasteiger partial charge in [-0.2, -0.15) is 5.10 Å². The molecule has 3 nitrogen and oxygen atoms in total. The summed E-state index contributed by atoms with van der Waals surface area (Å²) in [7, 11) is 0. The third kappa shape index (κ3) is 3.13. The van der Waals surface area contributed by atoms with Crippen LogP contribution in [0.4, 0.5) is 5.82 Å². The number of anilines is 1. The van der Waals surface area contributed by atoms with Gasteiger partial charge in [0.15, 0.2) is 0 Å². The minimum absolute atomic E-state index is 0.617. The lowest BCUT2D eigenvalue weighted by molar-refractivity contribution is 0.687. The highest BCUT2D eigenvalue weighted by Crippen LogP contribution is 2.22. The van der Waals surface area contributed by atoms with E-state index in [1.165, 1.54) is 16.7 Å². The molecule has 0 aliphatic rings. The lowest BCUT2D eigenvalue weighted by atomic mass is 10.1. The first-order valence-electron chi connectivity index (χ1n) is 6.42. The van der Waals surface area contributed by atoms with Crippen LogP contribution >= 0.6 is 0 Å². The van der Waals surface area contributed by atoms with Crippen molar-refractivity contribution in [1.29, 1.82) is 0 Å². The van der Waals surface area contributed by atoms with Crippen molar-refractivity contribution in [2.24, 2.45) is 5.92 Å². The normalized spacial score (nSPS) is 10.9. The van der Waals surface area contributed by atoms with Gasteiger partial charge < -0.3 is 5.32 Å². The second kappa shape index (κ2) is 5.25. The predicted octanol–water partition coefficient (Wildman–Crippen LogP) is 3.76. The van der Waals surface area contributed by atoms with Gasteiger partial charge in [-0.1, -0.05) is 31.0 Å². The Morgan fingerprint density at radius 1 is 1.11 bits per heavy atom. The number of rotatable bonds is 4. The van der Waals surface area contributed by atoms with E-state index in [0.29, 0.717) is 5.92 Å². The molecule has 1 heterocycles. The highest BCUT2D eigenvalue weighted by atomic mass is 15.2. The Kier molecular flexibility index (Phi) is 3.70. The van der Waals surface area contributed by atoms with Crippen molar-refractivity contribution in [2.45, 2.75) is 27.7 Å². The first-order valence-corrected chi connectivity index (χ1v) is 6.42. The van der Waals surface area contributed by atoms with Crippen LogP contribution in [0, 0.1) is 19.8 Å². The molecule has 1 aromatic carbocycles. The monoisotopic (exact) mass is 243 g/mol. The van der Waals surface area contributed by atoms with Crippen LogP contribution in [0.25, 0.3) is 11.3 Å². The van der Waals surface area contributed by atoms with Gasteiger partial charge >= 0.3 is 0 Å². The molecular formula is C15H21N3. The Labute approximate surface area is 109 Å². The SMILES string of the molecule is Cc1cc(C)cc(-c2cc(NCC(C)C)n[nH]2)c1. The standard InChI is InChI=1S/C15H21N3/c1-10(2)9-16-15-8-14(17-18-15)13-6-11(3)5-12(4)7-13/h5-8,10H,9H2,1-4H3,(H2,16,17,18). The number of nitrogens with zero attached hydrogens (tertiary/aromatic N) is 1. The maximum absolute atomic E-state index is 4.29. The minimum atomic E-state index is 0.617. The number of aromatic amines is 1. The van der Waals surface area contributed by atoms with Crippen LogP contribution in [-0.2, 0) is 0 Å². The molecule has 3 heteroatoms. The van der Waals surface area contributed by atoms with Gasteiger partial charge in [-0.3, -0.25) is 5.10 Å². The van der Waals surface area contributed by atoms with Gasteiger partial charge in [-0.05, 0) is 31.9 Å². The Morgan fingerprint density at radius 2 is 1.78 bits per heavy atom. The van der Waals surface area contributed by atoms with Crippen LogP contribution in [0.3, 0.4) is 0 Å². The molecule has 18 heavy (non-hydrogen) atoms. The zero-order chi connectivity index (χ0) is 13.1. The number of benzene rings is 1. The molecule has 0 fully saturated rings. The van der Waals surface area contributed by atoms with Crippen LogP contribution in [0.15, 0.2) is 24.3 Å². The number of nitrogens with one attached hydrogen (secondary N) is 2. The molecule has 0 radical (unpaired) electrons. The molecule has 0 spiro atoms. The fraction of sp³-hybridized carbons (Fsp3) is 0.400. The average Bonchev–Trinajstić information content (AvgIpc) is 2.73. The summed E-state index contributed by atoms with van der Waals surface area (Å²) in [4.78, 5) is 0. The molecule has 0 amide bonds. The van der Waals surface area contributed by atoms with E-state index in [-0.39, 0.29) is 0 Å². The number of aryl methyl sites for hydroxylation is 2. The summed E-state index contributed by atoms with van der Waals surface area (Å²) >= 11 is 0. The van der Waals surface area contributed by atoms with Gasteiger partial charge in [0.1, 0.15) is 5.82 Å². The molecule has 0 saturated heterocycles. The number of H-pyrrole nitrogens is 1. The van der Waals surface area contributed by atoms with E-state index in [2.05, 4.69) is 67.5 Å². The molecule has 1 aromatic heterocycles. The predicted molar refractivity (Wildman–Crippen MR) is 76.8 cm³/mol. The summed E-state index contributed by atoms with van der Waals surface area (Å²) in [6, 6.07) is 8.59. The largest absolute Gasteiger partial charge is 0.368 e. The first-order chi connectivity index (χ1) is 8.54. The van der Waals surface area contributed by atoms with Gasteiger partial charge in [0, 0.05) is 18.2 Å². The second-order valence-corrected chi connectivity index (χ2v) is 5.32.